The minimum Gasteiger partial charge on any atom is -0.508 e. The molecular weight excluding hydrogens is 344 g/mol. The van der Waals surface area contributed by atoms with E-state index in [-0.39, 0.29) is 11.7 Å². The second-order valence-corrected chi connectivity index (χ2v) is 6.33. The standard InChI is InChI=1S/C17H13BrN2O2/c18-10-2-4-14-13(7-10)15(17(22)20-14)16-12-8-11(21)3-1-9(12)5-6-19-16/h1-4,7-8,19,21H,5-6H2,(H,20,22)/b16-15-. The Hall–Kier alpha value is -2.27. The summed E-state index contributed by atoms with van der Waals surface area (Å²) in [5, 5.41) is 16.0. The van der Waals surface area contributed by atoms with Crippen LogP contribution in [0.5, 0.6) is 5.75 Å². The van der Waals surface area contributed by atoms with Crippen LogP contribution in [0.4, 0.5) is 5.69 Å². The lowest BCUT2D eigenvalue weighted by atomic mass is 9.93. The average molecular weight is 357 g/mol. The van der Waals surface area contributed by atoms with E-state index in [1.807, 2.05) is 24.3 Å². The largest absolute Gasteiger partial charge is 0.508 e. The normalized spacial score (nSPS) is 19.2. The molecule has 4 nitrogen and oxygen atoms in total. The van der Waals surface area contributed by atoms with Crippen LogP contribution in [-0.4, -0.2) is 17.6 Å². The number of nitrogens with one attached hydrogen (secondary N) is 2. The Morgan fingerprint density at radius 1 is 1.09 bits per heavy atom. The van der Waals surface area contributed by atoms with Gasteiger partial charge in [-0.1, -0.05) is 22.0 Å². The maximum Gasteiger partial charge on any atom is 0.258 e. The van der Waals surface area contributed by atoms with Crippen LogP contribution < -0.4 is 10.6 Å². The fraction of sp³-hybridized carbons (Fsp3) is 0.118. The number of benzene rings is 2. The van der Waals surface area contributed by atoms with Crippen LogP contribution in [0.25, 0.3) is 11.3 Å². The van der Waals surface area contributed by atoms with E-state index in [1.54, 1.807) is 12.1 Å². The van der Waals surface area contributed by atoms with Gasteiger partial charge < -0.3 is 15.7 Å². The molecule has 0 saturated carbocycles. The Bertz CT molecular complexity index is 843. The average Bonchev–Trinajstić information content (AvgIpc) is 2.82. The van der Waals surface area contributed by atoms with Crippen LogP contribution >= 0.6 is 15.9 Å². The first kappa shape index (κ1) is 13.4. The Balaban J connectivity index is 1.99. The van der Waals surface area contributed by atoms with E-state index >= 15 is 0 Å². The number of rotatable bonds is 0. The molecule has 0 aromatic heterocycles. The molecule has 2 aliphatic rings. The summed E-state index contributed by atoms with van der Waals surface area (Å²) in [6.07, 6.45) is 0.874. The van der Waals surface area contributed by atoms with E-state index in [0.717, 1.165) is 45.5 Å². The van der Waals surface area contributed by atoms with Crippen molar-refractivity contribution in [2.75, 3.05) is 11.9 Å². The molecule has 2 heterocycles. The van der Waals surface area contributed by atoms with Crippen molar-refractivity contribution >= 4 is 38.8 Å². The van der Waals surface area contributed by atoms with Gasteiger partial charge in [-0.15, -0.1) is 0 Å². The smallest absolute Gasteiger partial charge is 0.258 e. The van der Waals surface area contributed by atoms with Gasteiger partial charge in [-0.05, 0) is 42.3 Å². The van der Waals surface area contributed by atoms with Crippen LogP contribution in [-0.2, 0) is 11.2 Å². The summed E-state index contributed by atoms with van der Waals surface area (Å²) in [5.41, 5.74) is 5.12. The molecule has 2 aliphatic heterocycles. The number of halogens is 1. The van der Waals surface area contributed by atoms with E-state index < -0.39 is 0 Å². The predicted molar refractivity (Wildman–Crippen MR) is 89.4 cm³/mol. The molecule has 0 saturated heterocycles. The van der Waals surface area contributed by atoms with Crippen LogP contribution in [0, 0.1) is 0 Å². The van der Waals surface area contributed by atoms with Gasteiger partial charge in [-0.3, -0.25) is 4.79 Å². The van der Waals surface area contributed by atoms with Gasteiger partial charge >= 0.3 is 0 Å². The number of phenols is 1. The minimum absolute atomic E-state index is 0.119. The molecule has 0 spiro atoms. The third-order valence-corrected chi connectivity index (χ3v) is 4.53. The summed E-state index contributed by atoms with van der Waals surface area (Å²) < 4.78 is 0.924. The van der Waals surface area contributed by atoms with Crippen molar-refractivity contribution in [3.05, 3.63) is 57.6 Å². The molecule has 5 heteroatoms. The summed E-state index contributed by atoms with van der Waals surface area (Å²) in [6, 6.07) is 11.0. The monoisotopic (exact) mass is 356 g/mol. The molecule has 4 rings (SSSR count). The molecule has 2 aromatic rings. The van der Waals surface area contributed by atoms with Gasteiger partial charge in [0.2, 0.25) is 0 Å². The van der Waals surface area contributed by atoms with Crippen LogP contribution in [0.15, 0.2) is 40.9 Å². The van der Waals surface area contributed by atoms with E-state index in [0.29, 0.717) is 5.57 Å². The maximum absolute atomic E-state index is 12.4. The molecular formula is C17H13BrN2O2. The first-order chi connectivity index (χ1) is 10.6. The van der Waals surface area contributed by atoms with Crippen molar-refractivity contribution in [2.45, 2.75) is 6.42 Å². The number of amides is 1. The quantitative estimate of drug-likeness (QED) is 0.635. The third kappa shape index (κ3) is 2.01. The third-order valence-electron chi connectivity index (χ3n) is 4.04. The van der Waals surface area contributed by atoms with Crippen molar-refractivity contribution < 1.29 is 9.90 Å². The number of fused-ring (bicyclic) bond motifs is 2. The number of hydrogen-bond acceptors (Lipinski definition) is 3. The zero-order chi connectivity index (χ0) is 15.3. The molecule has 0 bridgehead atoms. The zero-order valence-corrected chi connectivity index (χ0v) is 13.2. The summed E-state index contributed by atoms with van der Waals surface area (Å²) in [7, 11) is 0. The van der Waals surface area contributed by atoms with E-state index in [2.05, 4.69) is 26.6 Å². The molecule has 0 fully saturated rings. The number of hydrogen-bond donors (Lipinski definition) is 3. The van der Waals surface area contributed by atoms with Crippen molar-refractivity contribution in [2.24, 2.45) is 0 Å². The van der Waals surface area contributed by atoms with E-state index in [1.165, 1.54) is 0 Å². The predicted octanol–water partition coefficient (Wildman–Crippen LogP) is 3.12. The molecule has 0 radical (unpaired) electrons. The van der Waals surface area contributed by atoms with Crippen LogP contribution in [0.1, 0.15) is 16.7 Å². The summed E-state index contributed by atoms with van der Waals surface area (Å²) in [4.78, 5) is 12.4. The summed E-state index contributed by atoms with van der Waals surface area (Å²) in [5.74, 6) is 0.0835. The number of phenolic OH excluding ortho intramolecular Hbond substituents is 1. The fourth-order valence-corrected chi connectivity index (χ4v) is 3.40. The van der Waals surface area contributed by atoms with Crippen molar-refractivity contribution in [3.63, 3.8) is 0 Å². The van der Waals surface area contributed by atoms with Crippen molar-refractivity contribution in [1.82, 2.24) is 5.32 Å². The molecule has 3 N–H and O–H groups in total. The van der Waals surface area contributed by atoms with Gasteiger partial charge in [0.05, 0.1) is 11.3 Å². The Labute approximate surface area is 136 Å². The molecule has 110 valence electrons. The van der Waals surface area contributed by atoms with Crippen molar-refractivity contribution in [1.29, 1.82) is 0 Å². The topological polar surface area (TPSA) is 61.4 Å². The van der Waals surface area contributed by atoms with Crippen LogP contribution in [0.2, 0.25) is 0 Å². The number of anilines is 1. The molecule has 1 amide bonds. The van der Waals surface area contributed by atoms with Crippen LogP contribution in [0.3, 0.4) is 0 Å². The zero-order valence-electron chi connectivity index (χ0n) is 11.6. The Morgan fingerprint density at radius 3 is 2.82 bits per heavy atom. The SMILES string of the molecule is O=C1Nc2ccc(Br)cc2/C1=C1/NCCc2ccc(O)cc21. The van der Waals surface area contributed by atoms with Gasteiger partial charge in [-0.25, -0.2) is 0 Å². The number of aromatic hydroxyl groups is 1. The minimum atomic E-state index is -0.119. The highest BCUT2D eigenvalue weighted by Gasteiger charge is 2.30. The van der Waals surface area contributed by atoms with Gasteiger partial charge in [0, 0.05) is 27.8 Å². The Kier molecular flexibility index (Phi) is 2.97. The number of carbonyl (C=O) groups is 1. The Morgan fingerprint density at radius 2 is 1.95 bits per heavy atom. The highest BCUT2D eigenvalue weighted by molar-refractivity contribution is 9.10. The molecule has 0 unspecified atom stereocenters. The molecule has 0 atom stereocenters. The first-order valence-electron chi connectivity index (χ1n) is 7.05. The maximum atomic E-state index is 12.4. The fourth-order valence-electron chi connectivity index (χ4n) is 3.04. The van der Waals surface area contributed by atoms with Crippen molar-refractivity contribution in [3.8, 4) is 5.75 Å². The van der Waals surface area contributed by atoms with E-state index in [4.69, 9.17) is 0 Å². The lowest BCUT2D eigenvalue weighted by Gasteiger charge is -2.23. The summed E-state index contributed by atoms with van der Waals surface area (Å²) in [6.45, 7) is 0.771. The van der Waals surface area contributed by atoms with Gasteiger partial charge in [0.15, 0.2) is 0 Å². The summed E-state index contributed by atoms with van der Waals surface area (Å²) >= 11 is 3.46. The lowest BCUT2D eigenvalue weighted by Crippen LogP contribution is -2.25. The molecule has 2 aromatic carbocycles. The molecule has 0 aliphatic carbocycles. The first-order valence-corrected chi connectivity index (χ1v) is 7.84. The second-order valence-electron chi connectivity index (χ2n) is 5.41. The highest BCUT2D eigenvalue weighted by Crippen LogP contribution is 2.39. The lowest BCUT2D eigenvalue weighted by molar-refractivity contribution is -0.110. The van der Waals surface area contributed by atoms with Gasteiger partial charge in [-0.2, -0.15) is 0 Å². The second kappa shape index (κ2) is 4.88. The highest BCUT2D eigenvalue weighted by atomic mass is 79.9. The number of carbonyl (C=O) groups excluding carboxylic acids is 1. The van der Waals surface area contributed by atoms with E-state index in [9.17, 15) is 9.90 Å². The van der Waals surface area contributed by atoms with Gasteiger partial charge in [0.25, 0.3) is 5.91 Å². The van der Waals surface area contributed by atoms with Gasteiger partial charge in [0.1, 0.15) is 5.75 Å². The molecule has 22 heavy (non-hydrogen) atoms.